The van der Waals surface area contributed by atoms with Gasteiger partial charge in [0.1, 0.15) is 5.50 Å². The standard InChI is InChI=1S/C12H13ClN2O2/c1-17-11-5-7-4-10(13)15(8-2-3-8)12(16)9(7)6-14-11/h5-6,8,10H,2-4H2,1H3. The smallest absolute Gasteiger partial charge is 0.257 e. The quantitative estimate of drug-likeness (QED) is 0.596. The van der Waals surface area contributed by atoms with Crippen LogP contribution in [-0.2, 0) is 6.42 Å². The molecule has 1 aliphatic heterocycles. The first-order valence-electron chi connectivity index (χ1n) is 5.70. The van der Waals surface area contributed by atoms with Crippen LogP contribution in [0.4, 0.5) is 0 Å². The minimum Gasteiger partial charge on any atom is -0.481 e. The van der Waals surface area contributed by atoms with Crippen molar-refractivity contribution in [2.45, 2.75) is 30.8 Å². The van der Waals surface area contributed by atoms with E-state index in [0.717, 1.165) is 18.4 Å². The molecule has 0 N–H and O–H groups in total. The maximum atomic E-state index is 12.3. The normalized spacial score (nSPS) is 23.5. The zero-order valence-corrected chi connectivity index (χ0v) is 10.3. The van der Waals surface area contributed by atoms with E-state index in [2.05, 4.69) is 4.98 Å². The van der Waals surface area contributed by atoms with Crippen molar-refractivity contribution in [2.75, 3.05) is 7.11 Å². The lowest BCUT2D eigenvalue weighted by molar-refractivity contribution is 0.0698. The molecule has 1 aliphatic carbocycles. The lowest BCUT2D eigenvalue weighted by atomic mass is 10.0. The molecule has 4 nitrogen and oxygen atoms in total. The molecule has 0 radical (unpaired) electrons. The molecule has 3 rings (SSSR count). The van der Waals surface area contributed by atoms with E-state index in [0.29, 0.717) is 23.9 Å². The van der Waals surface area contributed by atoms with Gasteiger partial charge in [-0.3, -0.25) is 4.79 Å². The third-order valence-corrected chi connectivity index (χ3v) is 3.63. The van der Waals surface area contributed by atoms with Crippen LogP contribution in [0.3, 0.4) is 0 Å². The monoisotopic (exact) mass is 252 g/mol. The summed E-state index contributed by atoms with van der Waals surface area (Å²) in [6.07, 6.45) is 4.38. The average Bonchev–Trinajstić information content (AvgIpc) is 3.12. The van der Waals surface area contributed by atoms with Crippen LogP contribution in [0.5, 0.6) is 5.88 Å². The topological polar surface area (TPSA) is 42.4 Å². The molecule has 5 heteroatoms. The van der Waals surface area contributed by atoms with Crippen LogP contribution in [0.1, 0.15) is 28.8 Å². The van der Waals surface area contributed by atoms with E-state index in [1.54, 1.807) is 24.3 Å². The lowest BCUT2D eigenvalue weighted by Gasteiger charge is -2.33. The largest absolute Gasteiger partial charge is 0.481 e. The summed E-state index contributed by atoms with van der Waals surface area (Å²) in [5, 5.41) is 0. The summed E-state index contributed by atoms with van der Waals surface area (Å²) in [7, 11) is 1.56. The van der Waals surface area contributed by atoms with Gasteiger partial charge >= 0.3 is 0 Å². The van der Waals surface area contributed by atoms with Gasteiger partial charge in [0.15, 0.2) is 0 Å². The Bertz CT molecular complexity index is 474. The molecule has 0 aromatic carbocycles. The fourth-order valence-electron chi connectivity index (χ4n) is 2.24. The Labute approximate surface area is 105 Å². The van der Waals surface area contributed by atoms with Crippen molar-refractivity contribution in [3.63, 3.8) is 0 Å². The molecule has 1 atom stereocenters. The molecular formula is C12H13ClN2O2. The second kappa shape index (κ2) is 3.88. The number of hydrogen-bond acceptors (Lipinski definition) is 3. The number of alkyl halides is 1. The zero-order valence-electron chi connectivity index (χ0n) is 9.52. The summed E-state index contributed by atoms with van der Waals surface area (Å²) in [6, 6.07) is 2.13. The molecule has 17 heavy (non-hydrogen) atoms. The van der Waals surface area contributed by atoms with Gasteiger partial charge in [-0.25, -0.2) is 4.98 Å². The van der Waals surface area contributed by atoms with Crippen LogP contribution in [0.2, 0.25) is 0 Å². The lowest BCUT2D eigenvalue weighted by Crippen LogP contribution is -2.44. The molecule has 0 spiro atoms. The number of pyridine rings is 1. The molecule has 1 aromatic rings. The second-order valence-electron chi connectivity index (χ2n) is 4.47. The summed E-state index contributed by atoms with van der Waals surface area (Å²) in [6.45, 7) is 0. The van der Waals surface area contributed by atoms with Crippen molar-refractivity contribution in [1.82, 2.24) is 9.88 Å². The Morgan fingerprint density at radius 2 is 2.29 bits per heavy atom. The van der Waals surface area contributed by atoms with Gasteiger partial charge in [-0.05, 0) is 18.4 Å². The SMILES string of the molecule is COc1cc2c(cn1)C(=O)N(C1CC1)C(Cl)C2. The molecule has 2 heterocycles. The fourth-order valence-corrected chi connectivity index (χ4v) is 2.66. The number of fused-ring (bicyclic) bond motifs is 1. The van der Waals surface area contributed by atoms with Crippen molar-refractivity contribution >= 4 is 17.5 Å². The molecule has 1 fully saturated rings. The average molecular weight is 253 g/mol. The second-order valence-corrected chi connectivity index (χ2v) is 4.97. The van der Waals surface area contributed by atoms with Crippen LogP contribution in [0.25, 0.3) is 0 Å². The van der Waals surface area contributed by atoms with Crippen molar-refractivity contribution in [3.8, 4) is 5.88 Å². The maximum absolute atomic E-state index is 12.3. The number of rotatable bonds is 2. The molecule has 90 valence electrons. The van der Waals surface area contributed by atoms with Crippen molar-refractivity contribution in [1.29, 1.82) is 0 Å². The highest BCUT2D eigenvalue weighted by Gasteiger charge is 2.41. The number of aromatic nitrogens is 1. The van der Waals surface area contributed by atoms with E-state index >= 15 is 0 Å². The van der Waals surface area contributed by atoms with Crippen LogP contribution in [0.15, 0.2) is 12.3 Å². The number of carbonyl (C=O) groups excluding carboxylic acids is 1. The van der Waals surface area contributed by atoms with Gasteiger partial charge in [0.25, 0.3) is 5.91 Å². The van der Waals surface area contributed by atoms with E-state index in [9.17, 15) is 4.79 Å². The summed E-state index contributed by atoms with van der Waals surface area (Å²) >= 11 is 6.28. The molecule has 1 saturated carbocycles. The van der Waals surface area contributed by atoms with E-state index < -0.39 is 0 Å². The minimum absolute atomic E-state index is 0.00361. The third-order valence-electron chi connectivity index (χ3n) is 3.27. The van der Waals surface area contributed by atoms with E-state index in [-0.39, 0.29) is 11.4 Å². The van der Waals surface area contributed by atoms with Crippen LogP contribution >= 0.6 is 11.6 Å². The van der Waals surface area contributed by atoms with Gasteiger partial charge in [0.05, 0.1) is 12.7 Å². The Hall–Kier alpha value is -1.29. The Morgan fingerprint density at radius 1 is 1.53 bits per heavy atom. The van der Waals surface area contributed by atoms with Crippen molar-refractivity contribution in [3.05, 3.63) is 23.4 Å². The van der Waals surface area contributed by atoms with Crippen LogP contribution < -0.4 is 4.74 Å². The Kier molecular flexibility index (Phi) is 2.47. The Morgan fingerprint density at radius 3 is 2.94 bits per heavy atom. The first kappa shape index (κ1) is 10.8. The Balaban J connectivity index is 1.99. The highest BCUT2D eigenvalue weighted by molar-refractivity contribution is 6.22. The van der Waals surface area contributed by atoms with Gasteiger partial charge < -0.3 is 9.64 Å². The molecular weight excluding hydrogens is 240 g/mol. The van der Waals surface area contributed by atoms with Crippen molar-refractivity contribution in [2.24, 2.45) is 0 Å². The molecule has 2 aliphatic rings. The molecule has 1 unspecified atom stereocenters. The number of nitrogens with zero attached hydrogens (tertiary/aromatic N) is 2. The summed E-state index contributed by atoms with van der Waals surface area (Å²) in [4.78, 5) is 18.1. The van der Waals surface area contributed by atoms with E-state index in [1.165, 1.54) is 0 Å². The van der Waals surface area contributed by atoms with Gasteiger partial charge in [0.2, 0.25) is 5.88 Å². The maximum Gasteiger partial charge on any atom is 0.257 e. The number of amides is 1. The number of hydrogen-bond donors (Lipinski definition) is 0. The van der Waals surface area contributed by atoms with Gasteiger partial charge in [-0.1, -0.05) is 11.6 Å². The molecule has 0 saturated heterocycles. The fraction of sp³-hybridized carbons (Fsp3) is 0.500. The van der Waals surface area contributed by atoms with Crippen molar-refractivity contribution < 1.29 is 9.53 Å². The molecule has 1 amide bonds. The summed E-state index contributed by atoms with van der Waals surface area (Å²) < 4.78 is 5.06. The zero-order chi connectivity index (χ0) is 12.0. The number of methoxy groups -OCH3 is 1. The van der Waals surface area contributed by atoms with E-state index in [1.807, 2.05) is 0 Å². The predicted octanol–water partition coefficient (Wildman–Crippen LogP) is 1.82. The first-order chi connectivity index (χ1) is 8.20. The van der Waals surface area contributed by atoms with Crippen LogP contribution in [0, 0.1) is 0 Å². The summed E-state index contributed by atoms with van der Waals surface area (Å²) in [5.74, 6) is 0.532. The summed E-state index contributed by atoms with van der Waals surface area (Å²) in [5.41, 5.74) is 1.35. The molecule has 1 aromatic heterocycles. The molecule has 0 bridgehead atoms. The highest BCUT2D eigenvalue weighted by Crippen LogP contribution is 2.36. The predicted molar refractivity (Wildman–Crippen MR) is 63.3 cm³/mol. The number of carbonyl (C=O) groups is 1. The highest BCUT2D eigenvalue weighted by atomic mass is 35.5. The van der Waals surface area contributed by atoms with E-state index in [4.69, 9.17) is 16.3 Å². The van der Waals surface area contributed by atoms with Gasteiger partial charge in [-0.2, -0.15) is 0 Å². The van der Waals surface area contributed by atoms with Gasteiger partial charge in [0, 0.05) is 24.7 Å². The number of ether oxygens (including phenoxy) is 1. The van der Waals surface area contributed by atoms with Crippen LogP contribution in [-0.4, -0.2) is 34.4 Å². The minimum atomic E-state index is -0.241. The first-order valence-corrected chi connectivity index (χ1v) is 6.14. The van der Waals surface area contributed by atoms with Gasteiger partial charge in [-0.15, -0.1) is 0 Å². The number of halogens is 1. The third kappa shape index (κ3) is 1.76.